The van der Waals surface area contributed by atoms with Crippen LogP contribution in [0.2, 0.25) is 0 Å². The predicted octanol–water partition coefficient (Wildman–Crippen LogP) is 3.51. The van der Waals surface area contributed by atoms with Gasteiger partial charge in [-0.25, -0.2) is 9.59 Å². The van der Waals surface area contributed by atoms with Crippen LogP contribution in [-0.2, 0) is 33.2 Å². The topological polar surface area (TPSA) is 158 Å². The van der Waals surface area contributed by atoms with E-state index in [4.69, 9.17) is 23.1 Å². The number of esters is 2. The van der Waals surface area contributed by atoms with Crippen molar-refractivity contribution in [1.82, 2.24) is 0 Å². The second kappa shape index (κ2) is 12.3. The van der Waals surface area contributed by atoms with Gasteiger partial charge < -0.3 is 18.9 Å². The number of carbonyl (C=O) groups is 2. The second-order valence-corrected chi connectivity index (χ2v) is 10.3. The summed E-state index contributed by atoms with van der Waals surface area (Å²) in [6, 6.07) is 19.9. The fourth-order valence-corrected chi connectivity index (χ4v) is 5.16. The smallest absolute Gasteiger partial charge is 0.338 e. The first-order valence-electron chi connectivity index (χ1n) is 12.0. The molecule has 5 atom stereocenters. The van der Waals surface area contributed by atoms with Crippen LogP contribution in [0.5, 0.6) is 0 Å². The predicted molar refractivity (Wildman–Crippen MR) is 138 cm³/mol. The van der Waals surface area contributed by atoms with Crippen molar-refractivity contribution < 1.29 is 46.1 Å². The summed E-state index contributed by atoms with van der Waals surface area (Å²) in [4.78, 5) is 36.0. The Hall–Kier alpha value is -4.17. The van der Waals surface area contributed by atoms with Gasteiger partial charge in [-0.15, -0.1) is 0 Å². The molecule has 1 aliphatic rings. The molecule has 13 heteroatoms. The van der Waals surface area contributed by atoms with Crippen molar-refractivity contribution >= 4 is 27.7 Å². The van der Waals surface area contributed by atoms with E-state index in [9.17, 15) is 28.1 Å². The first-order valence-corrected chi connectivity index (χ1v) is 13.4. The summed E-state index contributed by atoms with van der Waals surface area (Å²) in [7, 11) is -3.29. The third-order valence-corrected chi connectivity index (χ3v) is 7.36. The largest absolute Gasteiger partial charge is 0.452 e. The molecule has 0 saturated carbocycles. The number of rotatable bonds is 9. The van der Waals surface area contributed by atoms with Crippen LogP contribution in [0.25, 0.3) is 0 Å². The number of ether oxygens (including phenoxy) is 4. The number of benzene rings is 3. The summed E-state index contributed by atoms with van der Waals surface area (Å²) < 4.78 is 54.4. The van der Waals surface area contributed by atoms with Gasteiger partial charge >= 0.3 is 11.9 Å². The Morgan fingerprint density at radius 3 is 1.77 bits per heavy atom. The summed E-state index contributed by atoms with van der Waals surface area (Å²) in [5.41, 5.74) is 0.0135. The van der Waals surface area contributed by atoms with Crippen LogP contribution >= 0.6 is 0 Å². The average molecular weight is 572 g/mol. The standard InChI is InChI=1S/C27H25NO11S/c1-17-22(39-40(33,34)21-15-13-20(14-16-21)28(31)32)23(37-25(29)18-9-5-3-6-10-18)24(27(35-2)36-17)38-26(30)19-11-7-4-8-12-19/h3-17,22-24,27H,1-2H3/t17-,22-,23+,24+,27+/m1/s1. The average Bonchev–Trinajstić information content (AvgIpc) is 2.96. The molecule has 0 unspecified atom stereocenters. The minimum absolute atomic E-state index is 0.153. The number of hydrogen-bond acceptors (Lipinski definition) is 11. The van der Waals surface area contributed by atoms with Crippen LogP contribution in [0.4, 0.5) is 5.69 Å². The number of carbonyl (C=O) groups excluding carboxylic acids is 2. The van der Waals surface area contributed by atoms with E-state index in [-0.39, 0.29) is 21.7 Å². The zero-order chi connectivity index (χ0) is 28.9. The molecule has 4 rings (SSSR count). The third-order valence-electron chi connectivity index (χ3n) is 6.04. The van der Waals surface area contributed by atoms with Gasteiger partial charge in [-0.3, -0.25) is 14.3 Å². The molecule has 3 aromatic rings. The molecule has 1 aliphatic heterocycles. The number of methoxy groups -OCH3 is 1. The maximum Gasteiger partial charge on any atom is 0.338 e. The van der Waals surface area contributed by atoms with Gasteiger partial charge in [-0.1, -0.05) is 36.4 Å². The molecule has 0 aliphatic carbocycles. The van der Waals surface area contributed by atoms with Crippen molar-refractivity contribution in [3.8, 4) is 0 Å². The van der Waals surface area contributed by atoms with Crippen LogP contribution in [-0.4, -0.2) is 63.1 Å². The van der Waals surface area contributed by atoms with Crippen LogP contribution in [0.1, 0.15) is 27.6 Å². The highest BCUT2D eigenvalue weighted by molar-refractivity contribution is 7.86. The van der Waals surface area contributed by atoms with Gasteiger partial charge in [-0.2, -0.15) is 8.42 Å². The molecule has 210 valence electrons. The lowest BCUT2D eigenvalue weighted by Gasteiger charge is -2.43. The molecule has 0 N–H and O–H groups in total. The Balaban J connectivity index is 1.70. The van der Waals surface area contributed by atoms with Crippen LogP contribution in [0.3, 0.4) is 0 Å². The van der Waals surface area contributed by atoms with Crippen LogP contribution in [0, 0.1) is 10.1 Å². The summed E-state index contributed by atoms with van der Waals surface area (Å²) in [5.74, 6) is -1.64. The molecule has 0 bridgehead atoms. The number of nitrogens with zero attached hydrogens (tertiary/aromatic N) is 1. The van der Waals surface area contributed by atoms with E-state index >= 15 is 0 Å². The third kappa shape index (κ3) is 6.51. The first kappa shape index (κ1) is 28.8. The maximum absolute atomic E-state index is 13.2. The molecular formula is C27H25NO11S. The Kier molecular flexibility index (Phi) is 8.90. The molecule has 40 heavy (non-hydrogen) atoms. The SMILES string of the molecule is CO[C@H]1O[C@H](C)[C@@H](OS(=O)(=O)c2ccc([N+](=O)[O-])cc2)[C@H](OC(=O)c2ccccc2)[C@@H]1OC(=O)c1ccccc1. The van der Waals surface area contributed by atoms with Gasteiger partial charge in [0.25, 0.3) is 15.8 Å². The van der Waals surface area contributed by atoms with Crippen molar-refractivity contribution in [3.05, 3.63) is 106 Å². The van der Waals surface area contributed by atoms with E-state index in [2.05, 4.69) is 0 Å². The zero-order valence-corrected chi connectivity index (χ0v) is 22.1. The molecule has 1 fully saturated rings. The van der Waals surface area contributed by atoms with Gasteiger partial charge in [0.2, 0.25) is 0 Å². The summed E-state index contributed by atoms with van der Waals surface area (Å²) in [5, 5.41) is 11.0. The van der Waals surface area contributed by atoms with E-state index in [1.54, 1.807) is 36.4 Å². The van der Waals surface area contributed by atoms with Crippen molar-refractivity contribution in [3.63, 3.8) is 0 Å². The van der Waals surface area contributed by atoms with Gasteiger partial charge in [0.05, 0.1) is 27.0 Å². The molecule has 3 aromatic carbocycles. The van der Waals surface area contributed by atoms with Crippen LogP contribution in [0.15, 0.2) is 89.8 Å². The fourth-order valence-electron chi connectivity index (χ4n) is 4.02. The minimum Gasteiger partial charge on any atom is -0.452 e. The van der Waals surface area contributed by atoms with Gasteiger partial charge in [0.1, 0.15) is 6.10 Å². The Morgan fingerprint density at radius 1 is 0.800 bits per heavy atom. The Labute approximate surface area is 229 Å². The summed E-state index contributed by atoms with van der Waals surface area (Å²) in [6.45, 7) is 1.47. The lowest BCUT2D eigenvalue weighted by Crippen LogP contribution is -2.61. The van der Waals surface area contributed by atoms with Crippen molar-refractivity contribution in [2.75, 3.05) is 7.11 Å². The number of nitro groups is 1. The minimum atomic E-state index is -4.57. The molecule has 0 amide bonds. The number of hydrogen-bond donors (Lipinski definition) is 0. The molecule has 1 saturated heterocycles. The molecular weight excluding hydrogens is 546 g/mol. The number of nitro benzene ring substituents is 1. The van der Waals surface area contributed by atoms with Crippen LogP contribution < -0.4 is 0 Å². The van der Waals surface area contributed by atoms with E-state index in [0.717, 1.165) is 24.3 Å². The quantitative estimate of drug-likeness (QED) is 0.160. The lowest BCUT2D eigenvalue weighted by atomic mass is 9.99. The maximum atomic E-state index is 13.2. The molecule has 0 aromatic heterocycles. The van der Waals surface area contributed by atoms with Gasteiger partial charge in [0, 0.05) is 19.2 Å². The zero-order valence-electron chi connectivity index (χ0n) is 21.3. The fraction of sp³-hybridized carbons (Fsp3) is 0.259. The molecule has 0 spiro atoms. The van der Waals surface area contributed by atoms with Crippen molar-refractivity contribution in [2.24, 2.45) is 0 Å². The highest BCUT2D eigenvalue weighted by Gasteiger charge is 2.52. The molecule has 1 heterocycles. The van der Waals surface area contributed by atoms with E-state index in [0.29, 0.717) is 0 Å². The summed E-state index contributed by atoms with van der Waals surface area (Å²) in [6.07, 6.45) is -6.76. The highest BCUT2D eigenvalue weighted by atomic mass is 32.2. The van der Waals surface area contributed by atoms with E-state index in [1.807, 2.05) is 0 Å². The molecule has 12 nitrogen and oxygen atoms in total. The normalized spacial score (nSPS) is 22.7. The molecule has 0 radical (unpaired) electrons. The number of non-ortho nitro benzene ring substituents is 1. The Bertz CT molecular complexity index is 1450. The van der Waals surface area contributed by atoms with Gasteiger partial charge in [0.15, 0.2) is 18.5 Å². The Morgan fingerprint density at radius 2 is 1.30 bits per heavy atom. The monoisotopic (exact) mass is 571 g/mol. The van der Waals surface area contributed by atoms with E-state index in [1.165, 1.54) is 38.3 Å². The first-order chi connectivity index (χ1) is 19.1. The van der Waals surface area contributed by atoms with E-state index < -0.39 is 57.7 Å². The lowest BCUT2D eigenvalue weighted by molar-refractivity contribution is -0.384. The summed E-state index contributed by atoms with van der Waals surface area (Å²) >= 11 is 0. The van der Waals surface area contributed by atoms with Crippen molar-refractivity contribution in [1.29, 1.82) is 0 Å². The van der Waals surface area contributed by atoms with Crippen molar-refractivity contribution in [2.45, 2.75) is 42.5 Å². The highest BCUT2D eigenvalue weighted by Crippen LogP contribution is 2.32. The van der Waals surface area contributed by atoms with Gasteiger partial charge in [-0.05, 0) is 43.3 Å². The second-order valence-electron chi connectivity index (χ2n) is 8.68.